The van der Waals surface area contributed by atoms with Crippen molar-refractivity contribution in [3.8, 4) is 28.4 Å². The average Bonchev–Trinajstić information content (AvgIpc) is 3.07. The smallest absolute Gasteiger partial charge is 0.274 e. The summed E-state index contributed by atoms with van der Waals surface area (Å²) in [5, 5.41) is 14.8. The fourth-order valence-electron chi connectivity index (χ4n) is 1.70. The minimum atomic E-state index is 0.406. The Kier molecular flexibility index (Phi) is 2.97. The molecule has 0 saturated carbocycles. The fraction of sp³-hybridized carbons (Fsp3) is 0.0833. The first kappa shape index (κ1) is 12.1. The van der Waals surface area contributed by atoms with E-state index in [1.54, 1.807) is 16.8 Å². The summed E-state index contributed by atoms with van der Waals surface area (Å²) >= 11 is 4.92. The Morgan fingerprint density at radius 1 is 1.47 bits per heavy atom. The number of rotatable bonds is 2. The first-order valence-corrected chi connectivity index (χ1v) is 6.99. The predicted octanol–water partition coefficient (Wildman–Crippen LogP) is 3.44. The van der Waals surface area contributed by atoms with E-state index in [2.05, 4.69) is 32.1 Å². The van der Waals surface area contributed by atoms with Crippen LogP contribution in [0.5, 0.6) is 0 Å². The topological polar surface area (TPSA) is 67.6 Å². The highest BCUT2D eigenvalue weighted by Gasteiger charge is 2.15. The van der Waals surface area contributed by atoms with Gasteiger partial charge in [-0.2, -0.15) is 10.2 Å². The van der Waals surface area contributed by atoms with Crippen LogP contribution in [0.1, 0.15) is 5.56 Å². The van der Waals surface area contributed by atoms with Gasteiger partial charge >= 0.3 is 0 Å². The summed E-state index contributed by atoms with van der Waals surface area (Å²) in [6, 6.07) is 5.74. The van der Waals surface area contributed by atoms with Crippen molar-refractivity contribution in [2.24, 2.45) is 7.05 Å². The third-order valence-electron chi connectivity index (χ3n) is 2.57. The number of aromatic nitrogens is 3. The van der Waals surface area contributed by atoms with Crippen molar-refractivity contribution in [2.45, 2.75) is 0 Å². The molecule has 0 spiro atoms. The molecule has 0 atom stereocenters. The number of halogens is 1. The Morgan fingerprint density at radius 2 is 2.32 bits per heavy atom. The predicted molar refractivity (Wildman–Crippen MR) is 74.4 cm³/mol. The number of nitrogens with zero attached hydrogens (tertiary/aromatic N) is 4. The van der Waals surface area contributed by atoms with Gasteiger partial charge < -0.3 is 9.09 Å². The van der Waals surface area contributed by atoms with E-state index in [0.29, 0.717) is 17.3 Å². The lowest BCUT2D eigenvalue weighted by Crippen LogP contribution is -1.88. The van der Waals surface area contributed by atoms with Crippen LogP contribution in [0, 0.1) is 11.3 Å². The maximum atomic E-state index is 8.87. The molecule has 0 aromatic carbocycles. The Labute approximate surface area is 121 Å². The van der Waals surface area contributed by atoms with Gasteiger partial charge in [-0.05, 0) is 28.1 Å². The van der Waals surface area contributed by atoms with Crippen LogP contribution in [0.2, 0.25) is 0 Å². The zero-order valence-electron chi connectivity index (χ0n) is 9.79. The summed E-state index contributed by atoms with van der Waals surface area (Å²) in [4.78, 5) is 5.28. The third kappa shape index (κ3) is 2.20. The fourth-order valence-corrected chi connectivity index (χ4v) is 3.05. The van der Waals surface area contributed by atoms with Crippen LogP contribution in [0.4, 0.5) is 0 Å². The molecule has 0 aliphatic rings. The number of hydrogen-bond acceptors (Lipinski definition) is 5. The lowest BCUT2D eigenvalue weighted by atomic mass is 10.3. The van der Waals surface area contributed by atoms with E-state index in [1.807, 2.05) is 18.5 Å². The average molecular weight is 335 g/mol. The van der Waals surface area contributed by atoms with Gasteiger partial charge in [0.1, 0.15) is 11.8 Å². The van der Waals surface area contributed by atoms with Crippen molar-refractivity contribution >= 4 is 27.3 Å². The molecule has 3 aromatic heterocycles. The van der Waals surface area contributed by atoms with Gasteiger partial charge in [-0.1, -0.05) is 5.16 Å². The number of hydrogen-bond donors (Lipinski definition) is 0. The molecule has 0 fully saturated rings. The monoisotopic (exact) mass is 334 g/mol. The van der Waals surface area contributed by atoms with Crippen LogP contribution < -0.4 is 0 Å². The van der Waals surface area contributed by atoms with Crippen LogP contribution in [-0.2, 0) is 7.05 Å². The maximum absolute atomic E-state index is 8.87. The molecular formula is C12H7BrN4OS. The number of thiophene rings is 1. The Morgan fingerprint density at radius 3 is 2.95 bits per heavy atom. The van der Waals surface area contributed by atoms with E-state index < -0.39 is 0 Å². The van der Waals surface area contributed by atoms with Gasteiger partial charge in [0, 0.05) is 23.1 Å². The SMILES string of the molecule is Cn1cc(C#N)cc1-c1nc(-c2cc(Br)cs2)no1. The summed E-state index contributed by atoms with van der Waals surface area (Å²) in [7, 11) is 1.84. The lowest BCUT2D eigenvalue weighted by Gasteiger charge is -1.94. The van der Waals surface area contributed by atoms with Crippen LogP contribution in [-0.4, -0.2) is 14.7 Å². The second-order valence-electron chi connectivity index (χ2n) is 3.89. The Bertz CT molecular complexity index is 780. The molecule has 0 unspecified atom stereocenters. The first-order chi connectivity index (χ1) is 9.17. The highest BCUT2D eigenvalue weighted by Crippen LogP contribution is 2.29. The highest BCUT2D eigenvalue weighted by atomic mass is 79.9. The van der Waals surface area contributed by atoms with Gasteiger partial charge in [0.2, 0.25) is 5.82 Å². The number of aryl methyl sites for hydroxylation is 1. The van der Waals surface area contributed by atoms with E-state index >= 15 is 0 Å². The molecule has 0 saturated heterocycles. The van der Waals surface area contributed by atoms with Crippen LogP contribution in [0.15, 0.2) is 32.7 Å². The minimum absolute atomic E-state index is 0.406. The number of nitriles is 1. The van der Waals surface area contributed by atoms with E-state index in [9.17, 15) is 0 Å². The summed E-state index contributed by atoms with van der Waals surface area (Å²) in [5.41, 5.74) is 1.29. The molecule has 0 aliphatic carbocycles. The summed E-state index contributed by atoms with van der Waals surface area (Å²) in [6.07, 6.45) is 1.72. The van der Waals surface area contributed by atoms with Gasteiger partial charge in [-0.25, -0.2) is 0 Å². The summed E-state index contributed by atoms with van der Waals surface area (Å²) in [6.45, 7) is 0. The molecule has 0 amide bonds. The Hall–Kier alpha value is -1.91. The van der Waals surface area contributed by atoms with Gasteiger partial charge in [0.05, 0.1) is 10.4 Å². The molecule has 19 heavy (non-hydrogen) atoms. The molecule has 94 valence electrons. The van der Waals surface area contributed by atoms with Gasteiger partial charge in [-0.3, -0.25) is 0 Å². The van der Waals surface area contributed by atoms with Gasteiger partial charge in [0.15, 0.2) is 0 Å². The van der Waals surface area contributed by atoms with E-state index in [1.165, 1.54) is 11.3 Å². The largest absolute Gasteiger partial charge is 0.345 e. The third-order valence-corrected chi connectivity index (χ3v) is 4.25. The van der Waals surface area contributed by atoms with Crippen molar-refractivity contribution in [3.63, 3.8) is 0 Å². The van der Waals surface area contributed by atoms with E-state index in [0.717, 1.165) is 15.0 Å². The second-order valence-corrected chi connectivity index (χ2v) is 5.72. The quantitative estimate of drug-likeness (QED) is 0.719. The van der Waals surface area contributed by atoms with Crippen LogP contribution >= 0.6 is 27.3 Å². The second kappa shape index (κ2) is 4.64. The molecule has 0 bridgehead atoms. The molecule has 0 N–H and O–H groups in total. The minimum Gasteiger partial charge on any atom is -0.345 e. The van der Waals surface area contributed by atoms with Crippen molar-refractivity contribution in [3.05, 3.63) is 33.7 Å². The molecule has 7 heteroatoms. The van der Waals surface area contributed by atoms with E-state index in [4.69, 9.17) is 9.78 Å². The molecule has 3 heterocycles. The Balaban J connectivity index is 2.01. The lowest BCUT2D eigenvalue weighted by molar-refractivity contribution is 0.429. The normalized spacial score (nSPS) is 10.6. The highest BCUT2D eigenvalue weighted by molar-refractivity contribution is 9.10. The molecule has 3 aromatic rings. The van der Waals surface area contributed by atoms with Crippen LogP contribution in [0.25, 0.3) is 22.3 Å². The molecule has 0 radical (unpaired) electrons. The summed E-state index contributed by atoms with van der Waals surface area (Å²) < 4.78 is 8.04. The summed E-state index contributed by atoms with van der Waals surface area (Å²) in [5.74, 6) is 0.953. The van der Waals surface area contributed by atoms with Crippen molar-refractivity contribution < 1.29 is 4.52 Å². The van der Waals surface area contributed by atoms with Crippen LogP contribution in [0.3, 0.4) is 0 Å². The standard InChI is InChI=1S/C12H7BrN4OS/c1-17-5-7(4-14)2-9(17)12-15-11(16-18-12)10-3-8(13)6-19-10/h2-3,5-6H,1H3. The zero-order valence-corrected chi connectivity index (χ0v) is 12.2. The first-order valence-electron chi connectivity index (χ1n) is 5.32. The zero-order chi connectivity index (χ0) is 13.4. The van der Waals surface area contributed by atoms with E-state index in [-0.39, 0.29) is 0 Å². The molecule has 3 rings (SSSR count). The molecular weight excluding hydrogens is 328 g/mol. The molecule has 5 nitrogen and oxygen atoms in total. The van der Waals surface area contributed by atoms with Crippen molar-refractivity contribution in [1.82, 2.24) is 14.7 Å². The molecule has 0 aliphatic heterocycles. The van der Waals surface area contributed by atoms with Gasteiger partial charge in [-0.15, -0.1) is 11.3 Å². The van der Waals surface area contributed by atoms with Crippen molar-refractivity contribution in [1.29, 1.82) is 5.26 Å². The van der Waals surface area contributed by atoms with Gasteiger partial charge in [0.25, 0.3) is 5.89 Å². The maximum Gasteiger partial charge on any atom is 0.274 e. The van der Waals surface area contributed by atoms with Crippen molar-refractivity contribution in [2.75, 3.05) is 0 Å².